The van der Waals surface area contributed by atoms with Crippen molar-refractivity contribution in [1.29, 1.82) is 0 Å². The molecule has 0 radical (unpaired) electrons. The normalized spacial score (nSPS) is 16.2. The van der Waals surface area contributed by atoms with Crippen LogP contribution in [-0.4, -0.2) is 11.7 Å². The lowest BCUT2D eigenvalue weighted by atomic mass is 9.88. The third-order valence-electron chi connectivity index (χ3n) is 3.81. The van der Waals surface area contributed by atoms with Gasteiger partial charge in [-0.2, -0.15) is 0 Å². The fraction of sp³-hybridized carbons (Fsp3) is 0.294. The monoisotopic (exact) mass is 306 g/mol. The maximum atomic E-state index is 13.4. The SMILES string of the molecule is CC(O)(Cc1cc(Cl)cc2c1OCC2)c1cccc(F)c1. The molecule has 0 saturated heterocycles. The highest BCUT2D eigenvalue weighted by molar-refractivity contribution is 6.30. The molecule has 1 unspecified atom stereocenters. The summed E-state index contributed by atoms with van der Waals surface area (Å²) in [4.78, 5) is 0. The van der Waals surface area contributed by atoms with Crippen LogP contribution in [0.1, 0.15) is 23.6 Å². The highest BCUT2D eigenvalue weighted by Gasteiger charge is 2.28. The maximum absolute atomic E-state index is 13.4. The van der Waals surface area contributed by atoms with Gasteiger partial charge in [-0.25, -0.2) is 4.39 Å². The van der Waals surface area contributed by atoms with E-state index >= 15 is 0 Å². The fourth-order valence-electron chi connectivity index (χ4n) is 2.77. The molecule has 2 aromatic rings. The molecule has 0 spiro atoms. The van der Waals surface area contributed by atoms with Crippen molar-refractivity contribution in [3.63, 3.8) is 0 Å². The summed E-state index contributed by atoms with van der Waals surface area (Å²) in [6, 6.07) is 9.72. The second-order valence-electron chi connectivity index (χ2n) is 5.61. The van der Waals surface area contributed by atoms with E-state index in [0.717, 1.165) is 23.3 Å². The molecular weight excluding hydrogens is 291 g/mol. The Hall–Kier alpha value is -1.58. The van der Waals surface area contributed by atoms with Crippen molar-refractivity contribution in [3.8, 4) is 5.75 Å². The number of hydrogen-bond acceptors (Lipinski definition) is 2. The standard InChI is InChI=1S/C17H16ClFO2/c1-17(20,13-3-2-4-15(19)9-13)10-12-8-14(18)7-11-5-6-21-16(11)12/h2-4,7-9,20H,5-6,10H2,1H3. The van der Waals surface area contributed by atoms with E-state index in [1.807, 2.05) is 6.07 Å². The molecule has 2 nitrogen and oxygen atoms in total. The molecule has 21 heavy (non-hydrogen) atoms. The second-order valence-corrected chi connectivity index (χ2v) is 6.05. The molecule has 1 atom stereocenters. The van der Waals surface area contributed by atoms with E-state index in [9.17, 15) is 9.50 Å². The lowest BCUT2D eigenvalue weighted by Crippen LogP contribution is -2.24. The zero-order chi connectivity index (χ0) is 15.0. The molecule has 2 aromatic carbocycles. The Morgan fingerprint density at radius 1 is 1.33 bits per heavy atom. The van der Waals surface area contributed by atoms with Crippen LogP contribution in [0.3, 0.4) is 0 Å². The number of halogens is 2. The summed E-state index contributed by atoms with van der Waals surface area (Å²) in [6.07, 6.45) is 1.14. The van der Waals surface area contributed by atoms with Gasteiger partial charge in [-0.3, -0.25) is 0 Å². The molecule has 0 saturated carbocycles. The van der Waals surface area contributed by atoms with Crippen LogP contribution in [0.5, 0.6) is 5.75 Å². The van der Waals surface area contributed by atoms with Crippen molar-refractivity contribution in [2.45, 2.75) is 25.4 Å². The van der Waals surface area contributed by atoms with E-state index in [-0.39, 0.29) is 5.82 Å². The Morgan fingerprint density at radius 2 is 2.14 bits per heavy atom. The summed E-state index contributed by atoms with van der Waals surface area (Å²) < 4.78 is 19.0. The zero-order valence-electron chi connectivity index (χ0n) is 11.7. The second kappa shape index (κ2) is 5.32. The third-order valence-corrected chi connectivity index (χ3v) is 4.02. The predicted molar refractivity (Wildman–Crippen MR) is 80.3 cm³/mol. The molecule has 0 amide bonds. The van der Waals surface area contributed by atoms with Crippen LogP contribution in [0, 0.1) is 5.82 Å². The molecule has 0 aromatic heterocycles. The molecule has 110 valence electrons. The molecule has 1 heterocycles. The fourth-order valence-corrected chi connectivity index (χ4v) is 3.04. The maximum Gasteiger partial charge on any atom is 0.126 e. The molecule has 4 heteroatoms. The Kier molecular flexibility index (Phi) is 3.64. The number of ether oxygens (including phenoxy) is 1. The van der Waals surface area contributed by atoms with Gasteiger partial charge >= 0.3 is 0 Å². The van der Waals surface area contributed by atoms with Crippen molar-refractivity contribution in [2.75, 3.05) is 6.61 Å². The van der Waals surface area contributed by atoms with Gasteiger partial charge in [0.25, 0.3) is 0 Å². The lowest BCUT2D eigenvalue weighted by Gasteiger charge is -2.25. The lowest BCUT2D eigenvalue weighted by molar-refractivity contribution is 0.0566. The van der Waals surface area contributed by atoms with E-state index in [0.29, 0.717) is 23.6 Å². The number of hydrogen-bond donors (Lipinski definition) is 1. The van der Waals surface area contributed by atoms with E-state index < -0.39 is 5.60 Å². The summed E-state index contributed by atoms with van der Waals surface area (Å²) in [7, 11) is 0. The Morgan fingerprint density at radius 3 is 2.90 bits per heavy atom. The van der Waals surface area contributed by atoms with Gasteiger partial charge in [0, 0.05) is 17.9 Å². The number of rotatable bonds is 3. The molecule has 1 aliphatic rings. The molecule has 3 rings (SSSR count). The molecule has 1 aliphatic heterocycles. The van der Waals surface area contributed by atoms with Gasteiger partial charge in [0.2, 0.25) is 0 Å². The third kappa shape index (κ3) is 2.89. The minimum absolute atomic E-state index is 0.319. The summed E-state index contributed by atoms with van der Waals surface area (Å²) in [5.74, 6) is 0.441. The summed E-state index contributed by atoms with van der Waals surface area (Å²) in [5.41, 5.74) is 1.26. The van der Waals surface area contributed by atoms with Crippen LogP contribution in [0.4, 0.5) is 4.39 Å². The summed E-state index contributed by atoms with van der Waals surface area (Å²) >= 11 is 6.13. The Labute approximate surface area is 128 Å². The minimum atomic E-state index is -1.19. The van der Waals surface area contributed by atoms with Gasteiger partial charge in [-0.05, 0) is 47.9 Å². The Balaban J connectivity index is 1.96. The number of benzene rings is 2. The summed E-state index contributed by atoms with van der Waals surface area (Å²) in [6.45, 7) is 2.30. The van der Waals surface area contributed by atoms with Gasteiger partial charge in [0.1, 0.15) is 11.6 Å². The van der Waals surface area contributed by atoms with Gasteiger partial charge < -0.3 is 9.84 Å². The molecule has 0 aliphatic carbocycles. The van der Waals surface area contributed by atoms with Crippen molar-refractivity contribution in [1.82, 2.24) is 0 Å². The van der Waals surface area contributed by atoms with Crippen molar-refractivity contribution in [2.24, 2.45) is 0 Å². The van der Waals surface area contributed by atoms with E-state index in [4.69, 9.17) is 16.3 Å². The number of aliphatic hydroxyl groups is 1. The Bertz CT molecular complexity index is 682. The van der Waals surface area contributed by atoms with Gasteiger partial charge in [-0.15, -0.1) is 0 Å². The average Bonchev–Trinajstić information content (AvgIpc) is 2.86. The smallest absolute Gasteiger partial charge is 0.126 e. The van der Waals surface area contributed by atoms with Gasteiger partial charge in [0.05, 0.1) is 12.2 Å². The zero-order valence-corrected chi connectivity index (χ0v) is 12.5. The molecular formula is C17H16ClFO2. The highest BCUT2D eigenvalue weighted by Crippen LogP contribution is 2.37. The quantitative estimate of drug-likeness (QED) is 0.933. The van der Waals surface area contributed by atoms with E-state index in [1.165, 1.54) is 12.1 Å². The van der Waals surface area contributed by atoms with E-state index in [2.05, 4.69) is 0 Å². The van der Waals surface area contributed by atoms with Crippen molar-refractivity contribution >= 4 is 11.6 Å². The largest absolute Gasteiger partial charge is 0.493 e. The molecule has 0 bridgehead atoms. The first-order chi connectivity index (χ1) is 9.95. The average molecular weight is 307 g/mol. The molecule has 1 N–H and O–H groups in total. The first kappa shape index (κ1) is 14.4. The van der Waals surface area contributed by atoms with Crippen molar-refractivity contribution in [3.05, 3.63) is 63.9 Å². The van der Waals surface area contributed by atoms with Crippen LogP contribution in [-0.2, 0) is 18.4 Å². The first-order valence-corrected chi connectivity index (χ1v) is 7.26. The van der Waals surface area contributed by atoms with E-state index in [1.54, 1.807) is 25.1 Å². The molecule has 0 fully saturated rings. The number of fused-ring (bicyclic) bond motifs is 1. The van der Waals surface area contributed by atoms with Gasteiger partial charge in [0.15, 0.2) is 0 Å². The minimum Gasteiger partial charge on any atom is -0.493 e. The van der Waals surface area contributed by atoms with Crippen LogP contribution in [0.15, 0.2) is 36.4 Å². The van der Waals surface area contributed by atoms with Crippen molar-refractivity contribution < 1.29 is 14.2 Å². The first-order valence-electron chi connectivity index (χ1n) is 6.88. The predicted octanol–water partition coefficient (Wildman–Crippen LogP) is 3.86. The topological polar surface area (TPSA) is 29.5 Å². The summed E-state index contributed by atoms with van der Waals surface area (Å²) in [5, 5.41) is 11.3. The van der Waals surface area contributed by atoms with Crippen LogP contribution in [0.2, 0.25) is 5.02 Å². The van der Waals surface area contributed by atoms with Crippen LogP contribution >= 0.6 is 11.6 Å². The van der Waals surface area contributed by atoms with Crippen LogP contribution < -0.4 is 4.74 Å². The highest BCUT2D eigenvalue weighted by atomic mass is 35.5. The van der Waals surface area contributed by atoms with Gasteiger partial charge in [-0.1, -0.05) is 23.7 Å². The van der Waals surface area contributed by atoms with Crippen LogP contribution in [0.25, 0.3) is 0 Å².